The molecule has 1 unspecified atom stereocenters. The Morgan fingerprint density at radius 2 is 2.13 bits per heavy atom. The van der Waals surface area contributed by atoms with E-state index in [1.807, 2.05) is 0 Å². The highest BCUT2D eigenvalue weighted by Gasteiger charge is 2.31. The van der Waals surface area contributed by atoms with E-state index >= 15 is 0 Å². The topological polar surface area (TPSA) is 21.3 Å². The highest BCUT2D eigenvalue weighted by molar-refractivity contribution is 8.00. The fraction of sp³-hybridized carbons (Fsp3) is 1.00. The average molecular weight is 229 g/mol. The molecular formula is C12H23NOS. The first kappa shape index (κ1) is 11.7. The molecule has 1 N–H and O–H groups in total. The van der Waals surface area contributed by atoms with Crippen molar-refractivity contribution in [3.63, 3.8) is 0 Å². The first-order valence-electron chi connectivity index (χ1n) is 6.21. The zero-order valence-electron chi connectivity index (χ0n) is 9.76. The Morgan fingerprint density at radius 3 is 2.73 bits per heavy atom. The first-order valence-corrected chi connectivity index (χ1v) is 7.43. The van der Waals surface area contributed by atoms with Crippen molar-refractivity contribution < 1.29 is 4.74 Å². The third-order valence-electron chi connectivity index (χ3n) is 3.84. The van der Waals surface area contributed by atoms with Crippen LogP contribution in [0.4, 0.5) is 0 Å². The van der Waals surface area contributed by atoms with Crippen LogP contribution in [-0.4, -0.2) is 36.8 Å². The molecule has 15 heavy (non-hydrogen) atoms. The maximum Gasteiger partial charge on any atom is 0.0620 e. The van der Waals surface area contributed by atoms with Gasteiger partial charge in [0.25, 0.3) is 0 Å². The molecule has 0 amide bonds. The van der Waals surface area contributed by atoms with Gasteiger partial charge in [-0.25, -0.2) is 0 Å². The Bertz CT molecular complexity index is 186. The van der Waals surface area contributed by atoms with Crippen LogP contribution in [0.5, 0.6) is 0 Å². The predicted octanol–water partition coefficient (Wildman–Crippen LogP) is 2.43. The van der Waals surface area contributed by atoms with Crippen LogP contribution in [0.15, 0.2) is 0 Å². The molecule has 2 nitrogen and oxygen atoms in total. The lowest BCUT2D eigenvalue weighted by Gasteiger charge is -2.36. The van der Waals surface area contributed by atoms with Crippen molar-refractivity contribution >= 4 is 11.8 Å². The van der Waals surface area contributed by atoms with Gasteiger partial charge in [-0.3, -0.25) is 0 Å². The van der Waals surface area contributed by atoms with Crippen molar-refractivity contribution in [2.24, 2.45) is 0 Å². The molecule has 1 aliphatic carbocycles. The summed E-state index contributed by atoms with van der Waals surface area (Å²) in [4.78, 5) is 0. The van der Waals surface area contributed by atoms with Gasteiger partial charge in [0.2, 0.25) is 0 Å². The van der Waals surface area contributed by atoms with Gasteiger partial charge in [0.15, 0.2) is 0 Å². The summed E-state index contributed by atoms with van der Waals surface area (Å²) in [7, 11) is 0. The van der Waals surface area contributed by atoms with Gasteiger partial charge in [0, 0.05) is 23.9 Å². The number of ether oxygens (including phenoxy) is 1. The Morgan fingerprint density at radius 1 is 1.33 bits per heavy atom. The summed E-state index contributed by atoms with van der Waals surface area (Å²) in [6.07, 6.45) is 10.5. The van der Waals surface area contributed by atoms with Crippen molar-refractivity contribution in [3.05, 3.63) is 0 Å². The molecule has 0 bridgehead atoms. The fourth-order valence-electron chi connectivity index (χ4n) is 2.68. The summed E-state index contributed by atoms with van der Waals surface area (Å²) in [6.45, 7) is 3.05. The summed E-state index contributed by atoms with van der Waals surface area (Å²) in [5.74, 6) is 0. The molecule has 0 radical (unpaired) electrons. The van der Waals surface area contributed by atoms with Gasteiger partial charge >= 0.3 is 0 Å². The van der Waals surface area contributed by atoms with E-state index in [1.54, 1.807) is 0 Å². The Labute approximate surface area is 97.5 Å². The third kappa shape index (κ3) is 3.11. The molecule has 2 fully saturated rings. The van der Waals surface area contributed by atoms with Gasteiger partial charge in [0.1, 0.15) is 0 Å². The molecule has 1 saturated carbocycles. The van der Waals surface area contributed by atoms with Gasteiger partial charge in [-0.15, -0.1) is 0 Å². The second-order valence-corrected chi connectivity index (χ2v) is 6.16. The molecule has 1 atom stereocenters. The molecule has 1 heterocycles. The molecular weight excluding hydrogens is 206 g/mol. The number of rotatable bonds is 4. The fourth-order valence-corrected chi connectivity index (χ4v) is 3.60. The molecule has 0 aromatic heterocycles. The van der Waals surface area contributed by atoms with E-state index in [-0.39, 0.29) is 0 Å². The maximum absolute atomic E-state index is 5.39. The molecule has 0 spiro atoms. The van der Waals surface area contributed by atoms with E-state index in [2.05, 4.69) is 23.3 Å². The minimum Gasteiger partial charge on any atom is -0.380 e. The molecule has 2 rings (SSSR count). The van der Waals surface area contributed by atoms with Gasteiger partial charge in [-0.05, 0) is 25.5 Å². The highest BCUT2D eigenvalue weighted by Crippen LogP contribution is 2.38. The maximum atomic E-state index is 5.39. The largest absolute Gasteiger partial charge is 0.380 e. The van der Waals surface area contributed by atoms with Crippen molar-refractivity contribution in [2.75, 3.05) is 26.0 Å². The SMILES string of the molecule is CSC1(CNC2CCOC2)CCCCC1. The van der Waals surface area contributed by atoms with E-state index in [9.17, 15) is 0 Å². The molecule has 0 aromatic carbocycles. The Balaban J connectivity index is 1.78. The van der Waals surface area contributed by atoms with Crippen LogP contribution < -0.4 is 5.32 Å². The van der Waals surface area contributed by atoms with Crippen molar-refractivity contribution in [1.29, 1.82) is 0 Å². The van der Waals surface area contributed by atoms with Crippen molar-refractivity contribution in [1.82, 2.24) is 5.32 Å². The van der Waals surface area contributed by atoms with E-state index in [4.69, 9.17) is 4.74 Å². The summed E-state index contributed by atoms with van der Waals surface area (Å²) in [5.41, 5.74) is 0. The first-order chi connectivity index (χ1) is 7.35. The van der Waals surface area contributed by atoms with E-state index in [0.29, 0.717) is 10.8 Å². The molecule has 3 heteroatoms. The lowest BCUT2D eigenvalue weighted by molar-refractivity contribution is 0.189. The van der Waals surface area contributed by atoms with Gasteiger partial charge in [0.05, 0.1) is 6.61 Å². The van der Waals surface area contributed by atoms with Gasteiger partial charge in [-0.1, -0.05) is 19.3 Å². The average Bonchev–Trinajstić information content (AvgIpc) is 2.81. The lowest BCUT2D eigenvalue weighted by Crippen LogP contribution is -2.43. The third-order valence-corrected chi connectivity index (χ3v) is 5.26. The van der Waals surface area contributed by atoms with Crippen molar-refractivity contribution in [3.8, 4) is 0 Å². The van der Waals surface area contributed by atoms with E-state index in [0.717, 1.165) is 13.2 Å². The van der Waals surface area contributed by atoms with Crippen LogP contribution in [0, 0.1) is 0 Å². The molecule has 1 saturated heterocycles. The Hall–Kier alpha value is 0.270. The zero-order chi connectivity index (χ0) is 10.6. The second-order valence-electron chi connectivity index (χ2n) is 4.89. The van der Waals surface area contributed by atoms with Crippen LogP contribution in [0.1, 0.15) is 38.5 Å². The number of nitrogens with one attached hydrogen (secondary N) is 1. The normalized spacial score (nSPS) is 30.6. The lowest BCUT2D eigenvalue weighted by atomic mass is 9.88. The minimum atomic E-state index is 0.529. The Kier molecular flexibility index (Phi) is 4.35. The van der Waals surface area contributed by atoms with Crippen LogP contribution >= 0.6 is 11.8 Å². The van der Waals surface area contributed by atoms with Crippen LogP contribution in [0.25, 0.3) is 0 Å². The number of hydrogen-bond donors (Lipinski definition) is 1. The van der Waals surface area contributed by atoms with E-state index in [1.165, 1.54) is 45.1 Å². The van der Waals surface area contributed by atoms with Crippen LogP contribution in [-0.2, 0) is 4.74 Å². The van der Waals surface area contributed by atoms with Gasteiger partial charge in [-0.2, -0.15) is 11.8 Å². The zero-order valence-corrected chi connectivity index (χ0v) is 10.6. The number of hydrogen-bond acceptors (Lipinski definition) is 3. The monoisotopic (exact) mass is 229 g/mol. The molecule has 88 valence electrons. The van der Waals surface area contributed by atoms with Gasteiger partial charge < -0.3 is 10.1 Å². The summed E-state index contributed by atoms with van der Waals surface area (Å²) < 4.78 is 5.92. The predicted molar refractivity (Wildman–Crippen MR) is 66.6 cm³/mol. The quantitative estimate of drug-likeness (QED) is 0.800. The number of thioether (sulfide) groups is 1. The van der Waals surface area contributed by atoms with Crippen molar-refractivity contribution in [2.45, 2.75) is 49.3 Å². The summed E-state index contributed by atoms with van der Waals surface area (Å²) >= 11 is 2.07. The van der Waals surface area contributed by atoms with Crippen LogP contribution in [0.3, 0.4) is 0 Å². The summed E-state index contributed by atoms with van der Waals surface area (Å²) in [6, 6.07) is 0.621. The second kappa shape index (κ2) is 5.55. The highest BCUT2D eigenvalue weighted by atomic mass is 32.2. The smallest absolute Gasteiger partial charge is 0.0620 e. The van der Waals surface area contributed by atoms with Crippen LogP contribution in [0.2, 0.25) is 0 Å². The molecule has 1 aliphatic heterocycles. The molecule has 2 aliphatic rings. The summed E-state index contributed by atoms with van der Waals surface area (Å²) in [5, 5.41) is 3.70. The standard InChI is InChI=1S/C12H23NOS/c1-15-12(6-3-2-4-7-12)10-13-11-5-8-14-9-11/h11,13H,2-10H2,1H3. The van der Waals surface area contributed by atoms with E-state index < -0.39 is 0 Å². The molecule has 0 aromatic rings. The minimum absolute atomic E-state index is 0.529.